The molecule has 1 amide bonds. The van der Waals surface area contributed by atoms with Crippen LogP contribution in [0.5, 0.6) is 0 Å². The zero-order valence-corrected chi connectivity index (χ0v) is 9.18. The lowest BCUT2D eigenvalue weighted by atomic mass is 9.81. The molecule has 0 radical (unpaired) electrons. The van der Waals surface area contributed by atoms with E-state index in [1.807, 2.05) is 6.92 Å². The third-order valence-corrected chi connectivity index (χ3v) is 2.10. The molecule has 86 valence electrons. The summed E-state index contributed by atoms with van der Waals surface area (Å²) >= 11 is 0. The van der Waals surface area contributed by atoms with Gasteiger partial charge in [0.25, 0.3) is 0 Å². The van der Waals surface area contributed by atoms with Gasteiger partial charge in [0.1, 0.15) is 0 Å². The van der Waals surface area contributed by atoms with Crippen LogP contribution in [0.25, 0.3) is 0 Å². The minimum absolute atomic E-state index is 0.0896. The van der Waals surface area contributed by atoms with Crippen LogP contribution in [0.1, 0.15) is 26.2 Å². The first-order valence-electron chi connectivity index (χ1n) is 5.24. The number of rotatable bonds is 5. The van der Waals surface area contributed by atoms with Gasteiger partial charge in [-0.2, -0.15) is 0 Å². The number of unbranched alkanes of at least 4 members (excludes halogenated alkanes) is 1. The lowest BCUT2D eigenvalue weighted by Gasteiger charge is -2.05. The van der Waals surface area contributed by atoms with Crippen molar-refractivity contribution in [2.45, 2.75) is 26.2 Å². The van der Waals surface area contributed by atoms with Crippen molar-refractivity contribution in [2.24, 2.45) is 0 Å². The summed E-state index contributed by atoms with van der Waals surface area (Å²) in [5, 5.41) is 20.5. The fraction of sp³-hybridized carbons (Fsp3) is 0.400. The Kier molecular flexibility index (Phi) is 4.95. The van der Waals surface area contributed by atoms with Crippen LogP contribution in [0.2, 0.25) is 0 Å². The van der Waals surface area contributed by atoms with Crippen molar-refractivity contribution in [2.75, 3.05) is 5.32 Å². The molecule has 1 aromatic heterocycles. The molecule has 0 aliphatic rings. The molecule has 0 spiro atoms. The molecule has 0 unspecified atom stereocenters. The largest absolute Gasteiger partial charge is 0.490 e. The average Bonchev–Trinajstić information content (AvgIpc) is 2.26. The van der Waals surface area contributed by atoms with Crippen LogP contribution in [0, 0.1) is 0 Å². The summed E-state index contributed by atoms with van der Waals surface area (Å²) in [6.45, 7) is 2.01. The number of nitrogens with zero attached hydrogens (tertiary/aromatic N) is 1. The second kappa shape index (κ2) is 6.24. The molecule has 0 aliphatic carbocycles. The maximum absolute atomic E-state index is 11.4. The van der Waals surface area contributed by atoms with E-state index in [2.05, 4.69) is 10.3 Å². The summed E-state index contributed by atoms with van der Waals surface area (Å²) in [4.78, 5) is 15.2. The van der Waals surface area contributed by atoms with E-state index in [-0.39, 0.29) is 11.4 Å². The van der Waals surface area contributed by atoms with Gasteiger partial charge in [-0.3, -0.25) is 9.78 Å². The van der Waals surface area contributed by atoms with Crippen molar-refractivity contribution < 1.29 is 14.8 Å². The summed E-state index contributed by atoms with van der Waals surface area (Å²) < 4.78 is 0. The molecule has 0 atom stereocenters. The summed E-state index contributed by atoms with van der Waals surface area (Å²) in [7, 11) is -1.57. The van der Waals surface area contributed by atoms with Gasteiger partial charge >= 0.3 is 7.12 Å². The van der Waals surface area contributed by atoms with Crippen LogP contribution in [0.3, 0.4) is 0 Å². The lowest BCUT2D eigenvalue weighted by Crippen LogP contribution is -2.30. The highest BCUT2D eigenvalue weighted by Crippen LogP contribution is 2.04. The maximum Gasteiger partial charge on any atom is 0.490 e. The Labute approximate surface area is 94.7 Å². The fourth-order valence-corrected chi connectivity index (χ4v) is 1.23. The predicted molar refractivity (Wildman–Crippen MR) is 62.2 cm³/mol. The van der Waals surface area contributed by atoms with Crippen molar-refractivity contribution in [3.63, 3.8) is 0 Å². The van der Waals surface area contributed by atoms with E-state index in [1.165, 1.54) is 18.5 Å². The van der Waals surface area contributed by atoms with Gasteiger partial charge in [-0.1, -0.05) is 13.3 Å². The van der Waals surface area contributed by atoms with Crippen LogP contribution < -0.4 is 10.8 Å². The Balaban J connectivity index is 2.59. The van der Waals surface area contributed by atoms with Crippen LogP contribution in [-0.4, -0.2) is 28.1 Å². The molecule has 6 heteroatoms. The molecule has 0 aliphatic heterocycles. The van der Waals surface area contributed by atoms with Crippen LogP contribution in [-0.2, 0) is 4.79 Å². The SMILES string of the molecule is CCCCC(=O)Nc1cncc(B(O)O)c1. The minimum atomic E-state index is -1.57. The Morgan fingerprint density at radius 2 is 2.25 bits per heavy atom. The molecule has 0 saturated heterocycles. The quantitative estimate of drug-likeness (QED) is 0.607. The molecule has 0 aromatic carbocycles. The van der Waals surface area contributed by atoms with Gasteiger partial charge in [0.15, 0.2) is 0 Å². The van der Waals surface area contributed by atoms with E-state index < -0.39 is 7.12 Å². The van der Waals surface area contributed by atoms with Gasteiger partial charge in [0.05, 0.1) is 11.9 Å². The first kappa shape index (κ1) is 12.7. The van der Waals surface area contributed by atoms with E-state index >= 15 is 0 Å². The number of amides is 1. The molecule has 0 bridgehead atoms. The van der Waals surface area contributed by atoms with Crippen molar-refractivity contribution in [1.29, 1.82) is 0 Å². The monoisotopic (exact) mass is 222 g/mol. The van der Waals surface area contributed by atoms with E-state index in [1.54, 1.807) is 0 Å². The van der Waals surface area contributed by atoms with Crippen LogP contribution >= 0.6 is 0 Å². The first-order chi connectivity index (χ1) is 7.63. The lowest BCUT2D eigenvalue weighted by molar-refractivity contribution is -0.116. The molecule has 16 heavy (non-hydrogen) atoms. The number of hydrogen-bond donors (Lipinski definition) is 3. The highest BCUT2D eigenvalue weighted by Gasteiger charge is 2.12. The van der Waals surface area contributed by atoms with Gasteiger partial charge in [-0.25, -0.2) is 0 Å². The second-order valence-electron chi connectivity index (χ2n) is 3.53. The standard InChI is InChI=1S/C10H15BN2O3/c1-2-3-4-10(14)13-9-5-8(11(15)16)6-12-7-9/h5-7,15-16H,2-4H2,1H3,(H,13,14). The molecular formula is C10H15BN2O3. The van der Waals surface area contributed by atoms with Crippen LogP contribution in [0.15, 0.2) is 18.5 Å². The van der Waals surface area contributed by atoms with Crippen molar-refractivity contribution in [1.82, 2.24) is 4.98 Å². The Morgan fingerprint density at radius 1 is 1.50 bits per heavy atom. The van der Waals surface area contributed by atoms with Gasteiger partial charge in [-0.05, 0) is 12.5 Å². The van der Waals surface area contributed by atoms with Gasteiger partial charge in [0.2, 0.25) is 5.91 Å². The normalized spacial score (nSPS) is 9.94. The molecule has 0 fully saturated rings. The highest BCUT2D eigenvalue weighted by molar-refractivity contribution is 6.58. The molecule has 1 heterocycles. The van der Waals surface area contributed by atoms with Crippen molar-refractivity contribution in [3.05, 3.63) is 18.5 Å². The van der Waals surface area contributed by atoms with Gasteiger partial charge in [0, 0.05) is 18.1 Å². The molecule has 3 N–H and O–H groups in total. The molecular weight excluding hydrogens is 207 g/mol. The molecule has 1 aromatic rings. The molecule has 1 rings (SSSR count). The fourth-order valence-electron chi connectivity index (χ4n) is 1.23. The zero-order valence-electron chi connectivity index (χ0n) is 9.18. The van der Waals surface area contributed by atoms with Gasteiger partial charge in [-0.15, -0.1) is 0 Å². The van der Waals surface area contributed by atoms with Crippen molar-refractivity contribution >= 4 is 24.2 Å². The number of pyridine rings is 1. The summed E-state index contributed by atoms with van der Waals surface area (Å²) in [6, 6.07) is 1.49. The van der Waals surface area contributed by atoms with E-state index in [0.29, 0.717) is 12.1 Å². The summed E-state index contributed by atoms with van der Waals surface area (Å²) in [5.74, 6) is -0.0896. The summed E-state index contributed by atoms with van der Waals surface area (Å²) in [5.41, 5.74) is 0.736. The molecule has 5 nitrogen and oxygen atoms in total. The third kappa shape index (κ3) is 4.00. The Hall–Kier alpha value is -1.40. The number of carbonyl (C=O) groups excluding carboxylic acids is 1. The smallest absolute Gasteiger partial charge is 0.423 e. The van der Waals surface area contributed by atoms with E-state index in [0.717, 1.165) is 12.8 Å². The Morgan fingerprint density at radius 3 is 2.88 bits per heavy atom. The number of aromatic nitrogens is 1. The number of anilines is 1. The third-order valence-electron chi connectivity index (χ3n) is 2.10. The Bertz CT molecular complexity index is 358. The topological polar surface area (TPSA) is 82.5 Å². The zero-order chi connectivity index (χ0) is 12.0. The highest BCUT2D eigenvalue weighted by atomic mass is 16.4. The summed E-state index contributed by atoms with van der Waals surface area (Å²) in [6.07, 6.45) is 5.06. The maximum atomic E-state index is 11.4. The predicted octanol–water partition coefficient (Wildman–Crippen LogP) is -0.110. The average molecular weight is 222 g/mol. The number of hydrogen-bond acceptors (Lipinski definition) is 4. The minimum Gasteiger partial charge on any atom is -0.423 e. The van der Waals surface area contributed by atoms with E-state index in [9.17, 15) is 4.79 Å². The van der Waals surface area contributed by atoms with E-state index in [4.69, 9.17) is 10.0 Å². The number of nitrogens with one attached hydrogen (secondary N) is 1. The molecule has 0 saturated carbocycles. The second-order valence-corrected chi connectivity index (χ2v) is 3.53. The number of carbonyl (C=O) groups is 1. The van der Waals surface area contributed by atoms with Crippen LogP contribution in [0.4, 0.5) is 5.69 Å². The van der Waals surface area contributed by atoms with Gasteiger partial charge < -0.3 is 15.4 Å². The first-order valence-corrected chi connectivity index (χ1v) is 5.24. The van der Waals surface area contributed by atoms with Crippen molar-refractivity contribution in [3.8, 4) is 0 Å².